The number of carbonyl (C=O) groups excluding carboxylic acids is 1. The second-order valence-electron chi connectivity index (χ2n) is 5.19. The van der Waals surface area contributed by atoms with Crippen molar-refractivity contribution >= 4 is 5.91 Å². The van der Waals surface area contributed by atoms with E-state index < -0.39 is 0 Å². The number of carbonyl (C=O) groups is 1. The molecule has 1 heterocycles. The van der Waals surface area contributed by atoms with Crippen LogP contribution < -0.4 is 10.6 Å². The highest BCUT2D eigenvalue weighted by Gasteiger charge is 2.17. The van der Waals surface area contributed by atoms with Crippen LogP contribution >= 0.6 is 0 Å². The van der Waals surface area contributed by atoms with Crippen LogP contribution in [0.25, 0.3) is 0 Å². The molecule has 1 amide bonds. The monoisotopic (exact) mass is 241 g/mol. The van der Waals surface area contributed by atoms with Gasteiger partial charge in [0.1, 0.15) is 0 Å². The van der Waals surface area contributed by atoms with Gasteiger partial charge in [0.05, 0.1) is 0 Å². The van der Waals surface area contributed by atoms with Crippen LogP contribution in [-0.4, -0.2) is 49.1 Å². The third kappa shape index (κ3) is 6.03. The molecule has 4 nitrogen and oxygen atoms in total. The molecule has 0 aromatic rings. The number of amides is 1. The van der Waals surface area contributed by atoms with Crippen LogP contribution in [0.4, 0.5) is 0 Å². The van der Waals surface area contributed by atoms with Crippen molar-refractivity contribution in [2.45, 2.75) is 52.1 Å². The van der Waals surface area contributed by atoms with Crippen LogP contribution in [0.1, 0.15) is 40.0 Å². The lowest BCUT2D eigenvalue weighted by Gasteiger charge is -2.24. The zero-order valence-corrected chi connectivity index (χ0v) is 11.5. The van der Waals surface area contributed by atoms with E-state index in [1.807, 2.05) is 0 Å². The zero-order chi connectivity index (χ0) is 12.7. The first-order valence-corrected chi connectivity index (χ1v) is 6.81. The van der Waals surface area contributed by atoms with E-state index in [1.54, 1.807) is 6.92 Å². The van der Waals surface area contributed by atoms with Crippen LogP contribution in [0.3, 0.4) is 0 Å². The topological polar surface area (TPSA) is 44.4 Å². The van der Waals surface area contributed by atoms with E-state index in [1.165, 1.54) is 32.4 Å². The summed E-state index contributed by atoms with van der Waals surface area (Å²) >= 11 is 0. The van der Waals surface area contributed by atoms with Crippen LogP contribution in [0, 0.1) is 0 Å². The van der Waals surface area contributed by atoms with E-state index in [0.29, 0.717) is 12.1 Å². The second kappa shape index (κ2) is 7.67. The molecule has 1 saturated heterocycles. The highest BCUT2D eigenvalue weighted by Crippen LogP contribution is 2.12. The van der Waals surface area contributed by atoms with Crippen LogP contribution in [0.2, 0.25) is 0 Å². The van der Waals surface area contributed by atoms with Gasteiger partial charge in [0.2, 0.25) is 5.91 Å². The molecule has 0 aromatic heterocycles. The van der Waals surface area contributed by atoms with Gasteiger partial charge in [-0.3, -0.25) is 4.79 Å². The predicted molar refractivity (Wildman–Crippen MR) is 71.0 cm³/mol. The molecule has 0 radical (unpaired) electrons. The highest BCUT2D eigenvalue weighted by molar-refractivity contribution is 5.72. The Labute approximate surface area is 105 Å². The van der Waals surface area contributed by atoms with E-state index in [4.69, 9.17) is 0 Å². The minimum atomic E-state index is 0.0543. The van der Waals surface area contributed by atoms with Crippen molar-refractivity contribution in [2.24, 2.45) is 0 Å². The summed E-state index contributed by atoms with van der Waals surface area (Å²) in [6.07, 6.45) is 3.75. The molecule has 0 aliphatic carbocycles. The smallest absolute Gasteiger partial charge is 0.216 e. The van der Waals surface area contributed by atoms with Gasteiger partial charge in [-0.05, 0) is 46.2 Å². The van der Waals surface area contributed by atoms with Gasteiger partial charge in [-0.1, -0.05) is 0 Å². The number of likely N-dealkylation sites (tertiary alicyclic amines) is 1. The molecule has 1 fully saturated rings. The maximum atomic E-state index is 10.7. The average Bonchev–Trinajstić information content (AvgIpc) is 2.49. The quantitative estimate of drug-likeness (QED) is 0.705. The number of nitrogens with zero attached hydrogens (tertiary/aromatic N) is 1. The lowest BCUT2D eigenvalue weighted by molar-refractivity contribution is -0.118. The first-order chi connectivity index (χ1) is 8.09. The van der Waals surface area contributed by atoms with Gasteiger partial charge in [-0.25, -0.2) is 0 Å². The largest absolute Gasteiger partial charge is 0.355 e. The molecule has 1 aliphatic heterocycles. The van der Waals surface area contributed by atoms with E-state index >= 15 is 0 Å². The molecule has 1 rings (SSSR count). The number of nitrogens with one attached hydrogen (secondary N) is 2. The van der Waals surface area contributed by atoms with E-state index in [2.05, 4.69) is 29.4 Å². The molecular weight excluding hydrogens is 214 g/mol. The molecule has 0 bridgehead atoms. The van der Waals surface area contributed by atoms with E-state index in [0.717, 1.165) is 13.1 Å². The Balaban J connectivity index is 2.16. The van der Waals surface area contributed by atoms with Gasteiger partial charge < -0.3 is 15.5 Å². The number of rotatable bonds is 5. The number of hydrogen-bond acceptors (Lipinski definition) is 3. The molecule has 2 N–H and O–H groups in total. The normalized spacial score (nSPS) is 22.5. The van der Waals surface area contributed by atoms with Crippen LogP contribution in [0.5, 0.6) is 0 Å². The second-order valence-corrected chi connectivity index (χ2v) is 5.19. The van der Waals surface area contributed by atoms with Crippen molar-refractivity contribution in [3.05, 3.63) is 0 Å². The maximum Gasteiger partial charge on any atom is 0.216 e. The Morgan fingerprint density at radius 2 is 2.06 bits per heavy atom. The molecule has 100 valence electrons. The van der Waals surface area contributed by atoms with Crippen molar-refractivity contribution in [2.75, 3.05) is 26.2 Å². The molecule has 17 heavy (non-hydrogen) atoms. The summed E-state index contributed by atoms with van der Waals surface area (Å²) in [5, 5.41) is 6.35. The van der Waals surface area contributed by atoms with Gasteiger partial charge >= 0.3 is 0 Å². The highest BCUT2D eigenvalue weighted by atomic mass is 16.1. The molecular formula is C13H27N3O. The van der Waals surface area contributed by atoms with Crippen molar-refractivity contribution in [1.82, 2.24) is 15.5 Å². The molecule has 1 aliphatic rings. The van der Waals surface area contributed by atoms with Gasteiger partial charge in [0.15, 0.2) is 0 Å². The SMILES string of the molecule is CC(=O)NCCNC1CCCN(C(C)C)CC1. The Kier molecular flexibility index (Phi) is 6.52. The Morgan fingerprint density at radius 1 is 1.29 bits per heavy atom. The van der Waals surface area contributed by atoms with E-state index in [-0.39, 0.29) is 5.91 Å². The van der Waals surface area contributed by atoms with Gasteiger partial charge in [0.25, 0.3) is 0 Å². The zero-order valence-electron chi connectivity index (χ0n) is 11.5. The fourth-order valence-electron chi connectivity index (χ4n) is 2.35. The average molecular weight is 241 g/mol. The third-order valence-corrected chi connectivity index (χ3v) is 3.42. The summed E-state index contributed by atoms with van der Waals surface area (Å²) in [4.78, 5) is 13.3. The van der Waals surface area contributed by atoms with Crippen molar-refractivity contribution < 1.29 is 4.79 Å². The summed E-state index contributed by atoms with van der Waals surface area (Å²) < 4.78 is 0. The van der Waals surface area contributed by atoms with Crippen molar-refractivity contribution in [3.63, 3.8) is 0 Å². The summed E-state index contributed by atoms with van der Waals surface area (Å²) in [7, 11) is 0. The standard InChI is InChI=1S/C13H27N3O/c1-11(2)16-9-4-5-13(6-10-16)15-8-7-14-12(3)17/h11,13,15H,4-10H2,1-3H3,(H,14,17). The fourth-order valence-corrected chi connectivity index (χ4v) is 2.35. The molecule has 1 atom stereocenters. The first-order valence-electron chi connectivity index (χ1n) is 6.81. The third-order valence-electron chi connectivity index (χ3n) is 3.42. The predicted octanol–water partition coefficient (Wildman–Crippen LogP) is 0.975. The molecule has 0 aromatic carbocycles. The molecule has 1 unspecified atom stereocenters. The lowest BCUT2D eigenvalue weighted by Crippen LogP contribution is -2.37. The molecule has 0 saturated carbocycles. The van der Waals surface area contributed by atoms with Gasteiger partial charge in [-0.15, -0.1) is 0 Å². The lowest BCUT2D eigenvalue weighted by atomic mass is 10.1. The summed E-state index contributed by atoms with van der Waals surface area (Å²) in [6, 6.07) is 1.28. The Hall–Kier alpha value is -0.610. The first kappa shape index (κ1) is 14.5. The fraction of sp³-hybridized carbons (Fsp3) is 0.923. The summed E-state index contributed by atoms with van der Waals surface area (Å²) in [5.74, 6) is 0.0543. The maximum absolute atomic E-state index is 10.7. The Bertz CT molecular complexity index is 231. The van der Waals surface area contributed by atoms with Crippen LogP contribution in [-0.2, 0) is 4.79 Å². The minimum absolute atomic E-state index is 0.0543. The number of hydrogen-bond donors (Lipinski definition) is 2. The summed E-state index contributed by atoms with van der Waals surface area (Å²) in [6.45, 7) is 10.1. The molecule has 4 heteroatoms. The molecule has 0 spiro atoms. The summed E-state index contributed by atoms with van der Waals surface area (Å²) in [5.41, 5.74) is 0. The minimum Gasteiger partial charge on any atom is -0.355 e. The van der Waals surface area contributed by atoms with E-state index in [9.17, 15) is 4.79 Å². The van der Waals surface area contributed by atoms with Gasteiger partial charge in [-0.2, -0.15) is 0 Å². The Morgan fingerprint density at radius 3 is 2.71 bits per heavy atom. The van der Waals surface area contributed by atoms with Crippen molar-refractivity contribution in [1.29, 1.82) is 0 Å². The van der Waals surface area contributed by atoms with Crippen molar-refractivity contribution in [3.8, 4) is 0 Å². The van der Waals surface area contributed by atoms with Crippen LogP contribution in [0.15, 0.2) is 0 Å². The van der Waals surface area contributed by atoms with Gasteiger partial charge in [0, 0.05) is 32.1 Å².